The summed E-state index contributed by atoms with van der Waals surface area (Å²) in [6, 6.07) is -1.41. The van der Waals surface area contributed by atoms with Crippen molar-refractivity contribution in [2.75, 3.05) is 24.8 Å². The van der Waals surface area contributed by atoms with E-state index < -0.39 is 54.1 Å². The molecule has 2 aliphatic heterocycles. The molecule has 1 unspecified atom stereocenters. The molecule has 1 saturated heterocycles. The molecular formula is C26H32N8O7S3. The second-order valence-electron chi connectivity index (χ2n) is 10.7. The van der Waals surface area contributed by atoms with E-state index in [0.717, 1.165) is 27.7 Å². The van der Waals surface area contributed by atoms with Crippen molar-refractivity contribution in [1.29, 1.82) is 0 Å². The summed E-state index contributed by atoms with van der Waals surface area (Å²) in [4.78, 5) is 74.2. The second-order valence-corrected chi connectivity index (χ2v) is 13.8. The average molecular weight is 665 g/mol. The van der Waals surface area contributed by atoms with E-state index in [2.05, 4.69) is 24.8 Å². The SMILES string of the molecule is CC(C)(C)C(=O)OCOC(=O)C1=C(Sc2ccncc2CSCCN)CC[C@@H]2[C@H](NC(=O)C(N=O)c3nsc(N)n3)C(=O)N12. The summed E-state index contributed by atoms with van der Waals surface area (Å²) in [5.74, 6) is -1.63. The van der Waals surface area contributed by atoms with Gasteiger partial charge >= 0.3 is 11.9 Å². The molecule has 0 saturated carbocycles. The summed E-state index contributed by atoms with van der Waals surface area (Å²) in [6.45, 7) is 4.87. The number of carbonyl (C=O) groups excluding carboxylic acids is 4. The third-order valence-corrected chi connectivity index (χ3v) is 9.40. The normalized spacial score (nSPS) is 18.6. The van der Waals surface area contributed by atoms with Crippen LogP contribution < -0.4 is 16.8 Å². The standard InChI is InChI=1S/C26H32N8O7S3/c1-26(2,3)24(38)41-12-40-23(37)19-16(43-15-6-8-29-10-13(15)11-42-9-7-27)5-4-14-17(22(36)34(14)19)30-21(35)18(32-39)20-31-25(28)44-33-20/h6,8,10,14,17-18H,4-5,7,9,11-12,27H2,1-3H3,(H,30,35)(H2,28,31,33)/t14-,17+,18?/m1/s1. The summed E-state index contributed by atoms with van der Waals surface area (Å²) in [6.07, 6.45) is 4.15. The van der Waals surface area contributed by atoms with Gasteiger partial charge in [-0.2, -0.15) is 16.1 Å². The van der Waals surface area contributed by atoms with Gasteiger partial charge in [-0.1, -0.05) is 11.8 Å². The number of aromatic nitrogens is 3. The smallest absolute Gasteiger partial charge is 0.358 e. The first-order valence-corrected chi connectivity index (χ1v) is 16.2. The molecule has 5 N–H and O–H groups in total. The summed E-state index contributed by atoms with van der Waals surface area (Å²) in [5.41, 5.74) is 11.3. The van der Waals surface area contributed by atoms with Gasteiger partial charge in [0.15, 0.2) is 11.0 Å². The molecule has 0 bridgehead atoms. The van der Waals surface area contributed by atoms with Crippen LogP contribution in [-0.2, 0) is 34.4 Å². The van der Waals surface area contributed by atoms with Crippen molar-refractivity contribution < 1.29 is 28.7 Å². The van der Waals surface area contributed by atoms with Gasteiger partial charge in [0.1, 0.15) is 11.7 Å². The number of nitrogen functional groups attached to an aromatic ring is 1. The van der Waals surface area contributed by atoms with E-state index >= 15 is 0 Å². The third-order valence-electron chi connectivity index (χ3n) is 6.54. The highest BCUT2D eigenvalue weighted by Gasteiger charge is 2.54. The van der Waals surface area contributed by atoms with Crippen LogP contribution in [0.3, 0.4) is 0 Å². The molecule has 4 heterocycles. The number of pyridine rings is 1. The second kappa shape index (κ2) is 14.4. The highest BCUT2D eigenvalue weighted by molar-refractivity contribution is 8.03. The number of thioether (sulfide) groups is 2. The number of anilines is 1. The molecule has 0 radical (unpaired) electrons. The van der Waals surface area contributed by atoms with E-state index in [0.29, 0.717) is 30.0 Å². The highest BCUT2D eigenvalue weighted by Crippen LogP contribution is 2.44. The van der Waals surface area contributed by atoms with E-state index in [-0.39, 0.29) is 16.7 Å². The van der Waals surface area contributed by atoms with Crippen LogP contribution in [0.1, 0.15) is 51.0 Å². The number of hydrogen-bond acceptors (Lipinski definition) is 16. The number of allylic oxidation sites excluding steroid dienone is 1. The minimum atomic E-state index is -1.60. The Labute approximate surface area is 265 Å². The van der Waals surface area contributed by atoms with Crippen molar-refractivity contribution in [1.82, 2.24) is 24.6 Å². The lowest BCUT2D eigenvalue weighted by atomic mass is 9.86. The van der Waals surface area contributed by atoms with E-state index in [1.165, 1.54) is 16.7 Å². The predicted molar refractivity (Wildman–Crippen MR) is 163 cm³/mol. The molecule has 44 heavy (non-hydrogen) atoms. The number of nitrogens with two attached hydrogens (primary N) is 2. The molecule has 3 atom stereocenters. The molecule has 2 amide bonds. The molecule has 0 aromatic carbocycles. The van der Waals surface area contributed by atoms with Gasteiger partial charge in [0.25, 0.3) is 11.8 Å². The van der Waals surface area contributed by atoms with Gasteiger partial charge < -0.3 is 26.3 Å². The first-order valence-electron chi connectivity index (χ1n) is 13.5. The number of hydrogen-bond donors (Lipinski definition) is 3. The van der Waals surface area contributed by atoms with E-state index in [4.69, 9.17) is 20.9 Å². The van der Waals surface area contributed by atoms with Crippen LogP contribution in [0.15, 0.2) is 39.1 Å². The van der Waals surface area contributed by atoms with Crippen molar-refractivity contribution in [3.05, 3.63) is 45.4 Å². The van der Waals surface area contributed by atoms with Gasteiger partial charge in [0.05, 0.1) is 11.5 Å². The number of nitroso groups, excluding NO2 is 1. The zero-order chi connectivity index (χ0) is 32.0. The molecule has 2 aromatic rings. The molecule has 15 nitrogen and oxygen atoms in total. The Morgan fingerprint density at radius 2 is 2.07 bits per heavy atom. The largest absolute Gasteiger partial charge is 0.427 e. The molecule has 2 aromatic heterocycles. The number of amides is 2. The molecule has 2 aliphatic rings. The van der Waals surface area contributed by atoms with Gasteiger partial charge in [-0.3, -0.25) is 24.3 Å². The van der Waals surface area contributed by atoms with Crippen LogP contribution >= 0.6 is 35.1 Å². The molecule has 1 fully saturated rings. The Kier molecular flexibility index (Phi) is 10.9. The fourth-order valence-electron chi connectivity index (χ4n) is 4.36. The maximum Gasteiger partial charge on any atom is 0.358 e. The summed E-state index contributed by atoms with van der Waals surface area (Å²) in [5, 5.41) is 5.42. The van der Waals surface area contributed by atoms with Crippen LogP contribution in [0.2, 0.25) is 0 Å². The maximum atomic E-state index is 13.5. The number of esters is 2. The zero-order valence-electron chi connectivity index (χ0n) is 24.2. The summed E-state index contributed by atoms with van der Waals surface area (Å²) < 4.78 is 14.3. The highest BCUT2D eigenvalue weighted by atomic mass is 32.2. The number of fused-ring (bicyclic) bond motifs is 1. The number of β-lactam (4-membered cyclic amide) rings is 1. The first kappa shape index (κ1) is 33.3. The number of carbonyl (C=O) groups is 4. The van der Waals surface area contributed by atoms with Crippen molar-refractivity contribution in [3.63, 3.8) is 0 Å². The fourth-order valence-corrected chi connectivity index (χ4v) is 6.83. The Bertz CT molecular complexity index is 1460. The van der Waals surface area contributed by atoms with Gasteiger partial charge in [-0.15, -0.1) is 4.91 Å². The number of nitrogens with one attached hydrogen (secondary N) is 1. The molecule has 0 spiro atoms. The van der Waals surface area contributed by atoms with Crippen molar-refractivity contribution in [3.8, 4) is 0 Å². The molecule has 4 rings (SSSR count). The van der Waals surface area contributed by atoms with Gasteiger partial charge in [0.2, 0.25) is 12.8 Å². The Balaban J connectivity index is 1.57. The lowest BCUT2D eigenvalue weighted by Gasteiger charge is -2.50. The molecule has 18 heteroatoms. The average Bonchev–Trinajstić information content (AvgIpc) is 3.41. The Hall–Kier alpha value is -3.61. The van der Waals surface area contributed by atoms with Crippen LogP contribution in [0.4, 0.5) is 5.13 Å². The summed E-state index contributed by atoms with van der Waals surface area (Å²) >= 11 is 3.76. The van der Waals surface area contributed by atoms with Crippen LogP contribution in [0, 0.1) is 10.3 Å². The van der Waals surface area contributed by atoms with Crippen molar-refractivity contribution in [2.45, 2.75) is 62.4 Å². The maximum absolute atomic E-state index is 13.5. The first-order chi connectivity index (χ1) is 21.0. The van der Waals surface area contributed by atoms with E-state index in [9.17, 15) is 24.1 Å². The number of ether oxygens (including phenoxy) is 2. The third kappa shape index (κ3) is 7.54. The quantitative estimate of drug-likeness (QED) is 0.0917. The molecule has 0 aliphatic carbocycles. The zero-order valence-corrected chi connectivity index (χ0v) is 26.6. The Morgan fingerprint density at radius 1 is 1.30 bits per heavy atom. The van der Waals surface area contributed by atoms with Crippen LogP contribution in [0.5, 0.6) is 0 Å². The Morgan fingerprint density at radius 3 is 2.73 bits per heavy atom. The monoisotopic (exact) mass is 664 g/mol. The van der Waals surface area contributed by atoms with Crippen LogP contribution in [0.25, 0.3) is 0 Å². The van der Waals surface area contributed by atoms with E-state index in [1.807, 2.05) is 6.07 Å². The van der Waals surface area contributed by atoms with Gasteiger partial charge in [0, 0.05) is 51.8 Å². The van der Waals surface area contributed by atoms with Crippen molar-refractivity contribution in [2.24, 2.45) is 16.3 Å². The minimum Gasteiger partial charge on any atom is -0.427 e. The predicted octanol–water partition coefficient (Wildman–Crippen LogP) is 2.10. The number of rotatable bonds is 13. The molecule has 236 valence electrons. The van der Waals surface area contributed by atoms with Gasteiger partial charge in [-0.05, 0) is 50.4 Å². The fraction of sp³-hybridized carbons (Fsp3) is 0.500. The lowest BCUT2D eigenvalue weighted by molar-refractivity contribution is -0.174. The van der Waals surface area contributed by atoms with E-state index in [1.54, 1.807) is 44.9 Å². The minimum absolute atomic E-state index is 0.00932. The number of nitrogens with zero attached hydrogens (tertiary/aromatic N) is 5. The van der Waals surface area contributed by atoms with Crippen LogP contribution in [-0.4, -0.2) is 74.2 Å². The van der Waals surface area contributed by atoms with Gasteiger partial charge in [-0.25, -0.2) is 9.78 Å². The van der Waals surface area contributed by atoms with Crippen molar-refractivity contribution >= 4 is 63.9 Å². The topological polar surface area (TPSA) is 222 Å². The molecular weight excluding hydrogens is 633 g/mol. The summed E-state index contributed by atoms with van der Waals surface area (Å²) in [7, 11) is 0. The lowest BCUT2D eigenvalue weighted by Crippen LogP contribution is -2.71.